The molecule has 7 heteroatoms. The Balaban J connectivity index is 1.31. The van der Waals surface area contributed by atoms with Gasteiger partial charge in [-0.05, 0) is 93.3 Å². The van der Waals surface area contributed by atoms with Crippen molar-refractivity contribution in [2.24, 2.45) is 0 Å². The summed E-state index contributed by atoms with van der Waals surface area (Å²) in [5.74, 6) is 2.10. The van der Waals surface area contributed by atoms with E-state index < -0.39 is 0 Å². The number of aryl methyl sites for hydroxylation is 3. The van der Waals surface area contributed by atoms with Gasteiger partial charge in [-0.3, -0.25) is 9.88 Å². The van der Waals surface area contributed by atoms with E-state index in [4.69, 9.17) is 14.7 Å². The topological polar surface area (TPSA) is 87.0 Å². The normalized spacial score (nSPS) is 16.4. The van der Waals surface area contributed by atoms with Crippen LogP contribution in [-0.2, 0) is 19.4 Å². The van der Waals surface area contributed by atoms with Gasteiger partial charge in [-0.25, -0.2) is 4.98 Å². The Hall–Kier alpha value is -3.50. The molecule has 0 amide bonds. The molecule has 1 saturated heterocycles. The fraction of sp³-hybridized carbons (Fsp3) is 0.429. The molecule has 3 heterocycles. The Morgan fingerprint density at radius 2 is 1.77 bits per heavy atom. The maximum absolute atomic E-state index is 9.28. The molecule has 3 aromatic rings. The van der Waals surface area contributed by atoms with Crippen LogP contribution >= 0.6 is 0 Å². The van der Waals surface area contributed by atoms with Crippen molar-refractivity contribution in [3.63, 3.8) is 0 Å². The third-order valence-electron chi connectivity index (χ3n) is 7.01. The maximum Gasteiger partial charge on any atom is 0.227 e. The number of nitrogens with zero attached hydrogens (tertiary/aromatic N) is 5. The smallest absolute Gasteiger partial charge is 0.227 e. The molecule has 1 aliphatic heterocycles. The van der Waals surface area contributed by atoms with Crippen LogP contribution in [-0.4, -0.2) is 39.0 Å². The lowest BCUT2D eigenvalue weighted by molar-refractivity contribution is 0.211. The Bertz CT molecular complexity index is 1210. The molecular formula is C28H32N6O. The molecule has 0 bridgehead atoms. The van der Waals surface area contributed by atoms with E-state index in [1.54, 1.807) is 0 Å². The van der Waals surface area contributed by atoms with E-state index in [0.717, 1.165) is 86.3 Å². The van der Waals surface area contributed by atoms with Crippen molar-refractivity contribution in [1.82, 2.24) is 19.9 Å². The van der Waals surface area contributed by atoms with Crippen LogP contribution in [0.3, 0.4) is 0 Å². The molecule has 5 rings (SSSR count). The van der Waals surface area contributed by atoms with E-state index in [-0.39, 0.29) is 0 Å². The van der Waals surface area contributed by atoms with Crippen molar-refractivity contribution in [3.05, 3.63) is 70.2 Å². The van der Waals surface area contributed by atoms with Crippen molar-refractivity contribution >= 4 is 5.95 Å². The lowest BCUT2D eigenvalue weighted by Gasteiger charge is -2.32. The molecule has 0 radical (unpaired) electrons. The summed E-state index contributed by atoms with van der Waals surface area (Å²) >= 11 is 0. The molecule has 0 atom stereocenters. The highest BCUT2D eigenvalue weighted by Crippen LogP contribution is 2.35. The van der Waals surface area contributed by atoms with Gasteiger partial charge in [-0.15, -0.1) is 0 Å². The summed E-state index contributed by atoms with van der Waals surface area (Å²) in [7, 11) is 0. The molecule has 1 N–H and O–H groups in total. The Morgan fingerprint density at radius 3 is 2.49 bits per heavy atom. The van der Waals surface area contributed by atoms with Gasteiger partial charge < -0.3 is 10.1 Å². The monoisotopic (exact) mass is 468 g/mol. The number of rotatable bonds is 6. The molecule has 1 aliphatic carbocycles. The second-order valence-electron chi connectivity index (χ2n) is 9.69. The number of nitrogens with one attached hydrogen (secondary N) is 1. The summed E-state index contributed by atoms with van der Waals surface area (Å²) in [5, 5.41) is 12.9. The van der Waals surface area contributed by atoms with Gasteiger partial charge in [0.25, 0.3) is 0 Å². The highest BCUT2D eigenvalue weighted by atomic mass is 16.5. The van der Waals surface area contributed by atoms with Crippen molar-refractivity contribution in [3.8, 4) is 17.7 Å². The van der Waals surface area contributed by atoms with Gasteiger partial charge in [-0.2, -0.15) is 10.2 Å². The number of hydrogen-bond donors (Lipinski definition) is 1. The highest BCUT2D eigenvalue weighted by Gasteiger charge is 2.24. The lowest BCUT2D eigenvalue weighted by atomic mass is 9.97. The minimum Gasteiger partial charge on any atom is -0.438 e. The number of pyridine rings is 1. The van der Waals surface area contributed by atoms with E-state index in [1.807, 2.05) is 38.4 Å². The fourth-order valence-corrected chi connectivity index (χ4v) is 5.15. The lowest BCUT2D eigenvalue weighted by Crippen LogP contribution is -2.39. The first kappa shape index (κ1) is 23.3. The van der Waals surface area contributed by atoms with Crippen LogP contribution in [0.25, 0.3) is 0 Å². The van der Waals surface area contributed by atoms with Crippen LogP contribution < -0.4 is 10.1 Å². The standard InChI is InChI=1S/C28H32N6O/c1-19-15-22(17-29)16-20(2)26(19)35-27-24-5-3-4-6-25(24)32-28(33-27)31-23-9-13-34(14-10-23)18-21-7-11-30-12-8-21/h7-8,11-12,15-16,23H,3-6,9-10,13-14,18H2,1-2H3,(H,31,32,33). The zero-order chi connectivity index (χ0) is 24.2. The number of hydrogen-bond acceptors (Lipinski definition) is 7. The Labute approximate surface area is 207 Å². The van der Waals surface area contributed by atoms with Crippen molar-refractivity contribution in [2.45, 2.75) is 65.0 Å². The van der Waals surface area contributed by atoms with Crippen molar-refractivity contribution in [2.75, 3.05) is 18.4 Å². The molecule has 35 heavy (non-hydrogen) atoms. The molecule has 1 fully saturated rings. The zero-order valence-corrected chi connectivity index (χ0v) is 20.5. The van der Waals surface area contributed by atoms with Crippen LogP contribution in [0.2, 0.25) is 0 Å². The van der Waals surface area contributed by atoms with E-state index in [1.165, 1.54) is 5.56 Å². The van der Waals surface area contributed by atoms with Gasteiger partial charge in [0.2, 0.25) is 11.8 Å². The van der Waals surface area contributed by atoms with Gasteiger partial charge in [0.15, 0.2) is 0 Å². The molecule has 0 saturated carbocycles. The maximum atomic E-state index is 9.28. The Kier molecular flexibility index (Phi) is 6.91. The number of likely N-dealkylation sites (tertiary alicyclic amines) is 1. The van der Waals surface area contributed by atoms with Crippen LogP contribution in [0.15, 0.2) is 36.7 Å². The average molecular weight is 469 g/mol. The van der Waals surface area contributed by atoms with E-state index >= 15 is 0 Å². The molecule has 180 valence electrons. The SMILES string of the molecule is Cc1cc(C#N)cc(C)c1Oc1nc(NC2CCN(Cc3ccncc3)CC2)nc2c1CCCC2. The van der Waals surface area contributed by atoms with Crippen LogP contribution in [0.4, 0.5) is 5.95 Å². The minimum atomic E-state index is 0.344. The van der Waals surface area contributed by atoms with E-state index in [0.29, 0.717) is 23.4 Å². The highest BCUT2D eigenvalue weighted by molar-refractivity contribution is 5.50. The largest absolute Gasteiger partial charge is 0.438 e. The number of ether oxygens (including phenoxy) is 1. The number of piperidine rings is 1. The average Bonchev–Trinajstić information content (AvgIpc) is 2.88. The molecule has 0 spiro atoms. The van der Waals surface area contributed by atoms with E-state index in [2.05, 4.69) is 33.4 Å². The summed E-state index contributed by atoms with van der Waals surface area (Å²) in [4.78, 5) is 16.4. The van der Waals surface area contributed by atoms with Crippen molar-refractivity contribution < 1.29 is 4.74 Å². The van der Waals surface area contributed by atoms with Gasteiger partial charge in [0.1, 0.15) is 5.75 Å². The van der Waals surface area contributed by atoms with Crippen LogP contribution in [0, 0.1) is 25.2 Å². The zero-order valence-electron chi connectivity index (χ0n) is 20.5. The first-order valence-corrected chi connectivity index (χ1v) is 12.6. The van der Waals surface area contributed by atoms with E-state index in [9.17, 15) is 5.26 Å². The van der Waals surface area contributed by atoms with Gasteiger partial charge >= 0.3 is 0 Å². The van der Waals surface area contributed by atoms with Crippen LogP contribution in [0.1, 0.15) is 59.2 Å². The van der Waals surface area contributed by atoms with Crippen LogP contribution in [0.5, 0.6) is 11.6 Å². The molecule has 2 aromatic heterocycles. The predicted molar refractivity (Wildman–Crippen MR) is 136 cm³/mol. The second kappa shape index (κ2) is 10.4. The molecule has 2 aliphatic rings. The number of benzene rings is 1. The summed E-state index contributed by atoms with van der Waals surface area (Å²) < 4.78 is 6.44. The summed E-state index contributed by atoms with van der Waals surface area (Å²) in [6.45, 7) is 7.01. The molecule has 7 nitrogen and oxygen atoms in total. The van der Waals surface area contributed by atoms with Gasteiger partial charge in [-0.1, -0.05) is 0 Å². The first-order valence-electron chi connectivity index (χ1n) is 12.6. The fourth-order valence-electron chi connectivity index (χ4n) is 5.15. The third-order valence-corrected chi connectivity index (χ3v) is 7.01. The number of fused-ring (bicyclic) bond motifs is 1. The Morgan fingerprint density at radius 1 is 1.06 bits per heavy atom. The predicted octanol–water partition coefficient (Wildman–Crippen LogP) is 5.11. The summed E-state index contributed by atoms with van der Waals surface area (Å²) in [6.07, 6.45) is 9.98. The van der Waals surface area contributed by atoms with Crippen molar-refractivity contribution in [1.29, 1.82) is 5.26 Å². The second-order valence-corrected chi connectivity index (χ2v) is 9.69. The summed E-state index contributed by atoms with van der Waals surface area (Å²) in [6, 6.07) is 10.5. The quantitative estimate of drug-likeness (QED) is 0.538. The molecular weight excluding hydrogens is 436 g/mol. The first-order chi connectivity index (χ1) is 17.1. The van der Waals surface area contributed by atoms with Gasteiger partial charge in [0.05, 0.1) is 17.3 Å². The summed E-state index contributed by atoms with van der Waals surface area (Å²) in [5.41, 5.74) is 6.07. The number of anilines is 1. The number of aromatic nitrogens is 3. The third kappa shape index (κ3) is 5.44. The minimum absolute atomic E-state index is 0.344. The molecule has 1 aromatic carbocycles. The number of nitriles is 1. The molecule has 0 unspecified atom stereocenters. The van der Waals surface area contributed by atoms with Gasteiger partial charge in [0, 0.05) is 43.6 Å².